The molecule has 0 amide bonds. The summed E-state index contributed by atoms with van der Waals surface area (Å²) in [5, 5.41) is 9.83. The van der Waals surface area contributed by atoms with Crippen LogP contribution in [0, 0.1) is 5.92 Å². The van der Waals surface area contributed by atoms with Crippen molar-refractivity contribution in [2.45, 2.75) is 45.1 Å². The number of H-pyrrole nitrogens is 1. The second kappa shape index (κ2) is 5.03. The third-order valence-electron chi connectivity index (χ3n) is 4.02. The summed E-state index contributed by atoms with van der Waals surface area (Å²) in [6.07, 6.45) is 7.78. The molecule has 6 nitrogen and oxygen atoms in total. The summed E-state index contributed by atoms with van der Waals surface area (Å²) in [5.74, 6) is 1.62. The SMILES string of the molecule is CCC1CCCC(Nc2cc3n[nH]c(=O)n3cn2)C1. The zero-order valence-electron chi connectivity index (χ0n) is 11.1. The molecule has 3 rings (SSSR count). The highest BCUT2D eigenvalue weighted by molar-refractivity contribution is 5.48. The Morgan fingerprint density at radius 1 is 1.53 bits per heavy atom. The normalized spacial score (nSPS) is 23.6. The van der Waals surface area contributed by atoms with E-state index in [1.54, 1.807) is 0 Å². The van der Waals surface area contributed by atoms with E-state index in [1.165, 1.54) is 42.8 Å². The van der Waals surface area contributed by atoms with Crippen molar-refractivity contribution in [3.8, 4) is 0 Å². The van der Waals surface area contributed by atoms with Crippen LogP contribution >= 0.6 is 0 Å². The fraction of sp³-hybridized carbons (Fsp3) is 0.615. The maximum atomic E-state index is 11.3. The van der Waals surface area contributed by atoms with Crippen LogP contribution in [0.15, 0.2) is 17.2 Å². The number of nitrogens with one attached hydrogen (secondary N) is 2. The van der Waals surface area contributed by atoms with Crippen LogP contribution in [-0.4, -0.2) is 25.6 Å². The van der Waals surface area contributed by atoms with Gasteiger partial charge in [0, 0.05) is 12.1 Å². The molecule has 0 spiro atoms. The number of aromatic nitrogens is 4. The lowest BCUT2D eigenvalue weighted by Crippen LogP contribution is -2.27. The van der Waals surface area contributed by atoms with E-state index in [0.717, 1.165) is 11.7 Å². The van der Waals surface area contributed by atoms with Gasteiger partial charge in [-0.2, -0.15) is 5.10 Å². The zero-order valence-corrected chi connectivity index (χ0v) is 11.1. The van der Waals surface area contributed by atoms with Gasteiger partial charge in [0.05, 0.1) is 0 Å². The van der Waals surface area contributed by atoms with Crippen molar-refractivity contribution >= 4 is 11.5 Å². The minimum absolute atomic E-state index is 0.252. The first-order valence-corrected chi connectivity index (χ1v) is 6.95. The largest absolute Gasteiger partial charge is 0.367 e. The topological polar surface area (TPSA) is 75.1 Å². The summed E-state index contributed by atoms with van der Waals surface area (Å²) < 4.78 is 1.40. The van der Waals surface area contributed by atoms with Gasteiger partial charge in [-0.05, 0) is 18.8 Å². The smallest absolute Gasteiger partial charge is 0.348 e. The molecular weight excluding hydrogens is 242 g/mol. The van der Waals surface area contributed by atoms with Crippen molar-refractivity contribution in [3.63, 3.8) is 0 Å². The van der Waals surface area contributed by atoms with Crippen LogP contribution in [-0.2, 0) is 0 Å². The van der Waals surface area contributed by atoms with Crippen molar-refractivity contribution in [1.82, 2.24) is 19.6 Å². The molecule has 1 aliphatic rings. The Balaban J connectivity index is 1.75. The van der Waals surface area contributed by atoms with Crippen LogP contribution in [0.25, 0.3) is 5.65 Å². The van der Waals surface area contributed by atoms with Gasteiger partial charge in [0.15, 0.2) is 5.65 Å². The molecule has 0 bridgehead atoms. The molecule has 1 fully saturated rings. The molecule has 6 heteroatoms. The lowest BCUT2D eigenvalue weighted by molar-refractivity contribution is 0.327. The average Bonchev–Trinajstić information content (AvgIpc) is 2.80. The fourth-order valence-corrected chi connectivity index (χ4v) is 2.89. The predicted octanol–water partition coefficient (Wildman–Crippen LogP) is 1.80. The van der Waals surface area contributed by atoms with Crippen molar-refractivity contribution in [2.75, 3.05) is 5.32 Å². The molecule has 2 N–H and O–H groups in total. The van der Waals surface area contributed by atoms with Gasteiger partial charge in [0.1, 0.15) is 12.1 Å². The van der Waals surface area contributed by atoms with Crippen molar-refractivity contribution in [3.05, 3.63) is 22.9 Å². The maximum absolute atomic E-state index is 11.3. The van der Waals surface area contributed by atoms with E-state index < -0.39 is 0 Å². The number of fused-ring (bicyclic) bond motifs is 1. The summed E-state index contributed by atoms with van der Waals surface area (Å²) in [6, 6.07) is 2.30. The monoisotopic (exact) mass is 261 g/mol. The van der Waals surface area contributed by atoms with Crippen molar-refractivity contribution in [1.29, 1.82) is 0 Å². The third kappa shape index (κ3) is 2.47. The first-order chi connectivity index (χ1) is 9.26. The molecule has 0 aromatic carbocycles. The van der Waals surface area contributed by atoms with Gasteiger partial charge < -0.3 is 5.32 Å². The lowest BCUT2D eigenvalue weighted by Gasteiger charge is -2.29. The predicted molar refractivity (Wildman–Crippen MR) is 73.3 cm³/mol. The van der Waals surface area contributed by atoms with Crippen LogP contribution < -0.4 is 11.0 Å². The van der Waals surface area contributed by atoms with E-state index in [1.807, 2.05) is 6.07 Å². The van der Waals surface area contributed by atoms with Gasteiger partial charge in [0.25, 0.3) is 0 Å². The molecule has 102 valence electrons. The first-order valence-electron chi connectivity index (χ1n) is 6.95. The van der Waals surface area contributed by atoms with Crippen LogP contribution in [0.2, 0.25) is 0 Å². The molecule has 2 atom stereocenters. The number of anilines is 1. The van der Waals surface area contributed by atoms with Gasteiger partial charge in [-0.1, -0.05) is 26.2 Å². The van der Waals surface area contributed by atoms with Gasteiger partial charge >= 0.3 is 5.69 Å². The van der Waals surface area contributed by atoms with Crippen molar-refractivity contribution < 1.29 is 0 Å². The molecule has 2 aromatic rings. The van der Waals surface area contributed by atoms with Gasteiger partial charge in [0.2, 0.25) is 0 Å². The van der Waals surface area contributed by atoms with Crippen LogP contribution in [0.5, 0.6) is 0 Å². The Labute approximate surface area is 111 Å². The van der Waals surface area contributed by atoms with E-state index in [-0.39, 0.29) is 5.69 Å². The molecule has 0 saturated heterocycles. The van der Waals surface area contributed by atoms with Crippen LogP contribution in [0.3, 0.4) is 0 Å². The standard InChI is InChI=1S/C13H19N5O/c1-2-9-4-3-5-10(6-9)15-11-7-12-16-17-13(19)18(12)8-14-11/h7-10,15H,2-6H2,1H3,(H,17,19). The highest BCUT2D eigenvalue weighted by atomic mass is 16.1. The Morgan fingerprint density at radius 2 is 2.42 bits per heavy atom. The molecule has 0 aliphatic heterocycles. The number of nitrogens with zero attached hydrogens (tertiary/aromatic N) is 3. The minimum Gasteiger partial charge on any atom is -0.367 e. The summed E-state index contributed by atoms with van der Waals surface area (Å²) in [6.45, 7) is 2.26. The van der Waals surface area contributed by atoms with Crippen molar-refractivity contribution in [2.24, 2.45) is 5.92 Å². The molecule has 1 saturated carbocycles. The summed E-state index contributed by atoms with van der Waals surface area (Å²) >= 11 is 0. The van der Waals surface area contributed by atoms with E-state index in [9.17, 15) is 4.79 Å². The maximum Gasteiger partial charge on any atom is 0.348 e. The number of rotatable bonds is 3. The molecule has 19 heavy (non-hydrogen) atoms. The summed E-state index contributed by atoms with van der Waals surface area (Å²) in [4.78, 5) is 15.6. The second-order valence-electron chi connectivity index (χ2n) is 5.31. The second-order valence-corrected chi connectivity index (χ2v) is 5.31. The average molecular weight is 261 g/mol. The Morgan fingerprint density at radius 3 is 3.26 bits per heavy atom. The van der Waals surface area contributed by atoms with E-state index in [0.29, 0.717) is 11.7 Å². The highest BCUT2D eigenvalue weighted by Crippen LogP contribution is 2.28. The molecule has 2 unspecified atom stereocenters. The zero-order chi connectivity index (χ0) is 13.2. The Bertz CT molecular complexity index is 617. The third-order valence-corrected chi connectivity index (χ3v) is 4.02. The summed E-state index contributed by atoms with van der Waals surface area (Å²) in [7, 11) is 0. The number of aromatic amines is 1. The minimum atomic E-state index is -0.252. The van der Waals surface area contributed by atoms with E-state index in [4.69, 9.17) is 0 Å². The van der Waals surface area contributed by atoms with Gasteiger partial charge in [-0.15, -0.1) is 0 Å². The quantitative estimate of drug-likeness (QED) is 0.883. The van der Waals surface area contributed by atoms with Gasteiger partial charge in [-0.3, -0.25) is 0 Å². The van der Waals surface area contributed by atoms with E-state index >= 15 is 0 Å². The number of hydrogen-bond donors (Lipinski definition) is 2. The molecule has 1 aliphatic carbocycles. The highest BCUT2D eigenvalue weighted by Gasteiger charge is 2.20. The summed E-state index contributed by atoms with van der Waals surface area (Å²) in [5.41, 5.74) is 0.350. The molecule has 2 heterocycles. The first kappa shape index (κ1) is 12.2. The van der Waals surface area contributed by atoms with Crippen LogP contribution in [0.1, 0.15) is 39.0 Å². The molecular formula is C13H19N5O. The van der Waals surface area contributed by atoms with Crippen LogP contribution in [0.4, 0.5) is 5.82 Å². The van der Waals surface area contributed by atoms with Gasteiger partial charge in [-0.25, -0.2) is 19.3 Å². The Hall–Kier alpha value is -1.85. The van der Waals surface area contributed by atoms with E-state index in [2.05, 4.69) is 27.4 Å². The molecule has 2 aromatic heterocycles. The fourth-order valence-electron chi connectivity index (χ4n) is 2.89. The number of hydrogen-bond acceptors (Lipinski definition) is 4. The Kier molecular flexibility index (Phi) is 3.23. The lowest BCUT2D eigenvalue weighted by atomic mass is 9.84. The molecule has 0 radical (unpaired) electrons.